The molecule has 2 aliphatic heterocycles. The van der Waals surface area contributed by atoms with Gasteiger partial charge in [0.15, 0.2) is 5.96 Å². The topological polar surface area (TPSA) is 72.0 Å². The van der Waals surface area contributed by atoms with Crippen LogP contribution >= 0.6 is 0 Å². The Kier molecular flexibility index (Phi) is 8.19. The quantitative estimate of drug-likeness (QED) is 0.329. The monoisotopic (exact) mass is 448 g/mol. The molecule has 1 saturated heterocycles. The van der Waals surface area contributed by atoms with Crippen LogP contribution in [0.15, 0.2) is 59.6 Å². The van der Waals surface area contributed by atoms with Crippen LogP contribution in [0.1, 0.15) is 31.2 Å². The van der Waals surface area contributed by atoms with Gasteiger partial charge in [-0.25, -0.2) is 0 Å². The lowest BCUT2D eigenvalue weighted by atomic mass is 9.91. The Bertz CT molecular complexity index is 923. The maximum atomic E-state index is 12.1. The predicted octanol–water partition coefficient (Wildman–Crippen LogP) is 2.88. The van der Waals surface area contributed by atoms with E-state index in [2.05, 4.69) is 69.1 Å². The Morgan fingerprint density at radius 1 is 1.03 bits per heavy atom. The van der Waals surface area contributed by atoms with Crippen molar-refractivity contribution in [1.82, 2.24) is 15.5 Å². The van der Waals surface area contributed by atoms with E-state index >= 15 is 0 Å². The van der Waals surface area contributed by atoms with Crippen molar-refractivity contribution in [1.29, 1.82) is 0 Å². The molecule has 3 N–H and O–H groups in total. The molecule has 0 aromatic heterocycles. The van der Waals surface area contributed by atoms with E-state index in [1.165, 1.54) is 11.3 Å². The second-order valence-corrected chi connectivity index (χ2v) is 8.70. The Hall–Kier alpha value is -3.06. The summed E-state index contributed by atoms with van der Waals surface area (Å²) in [6.45, 7) is 9.83. The smallest absolute Gasteiger partial charge is 0.225 e. The maximum Gasteiger partial charge on any atom is 0.225 e. The molecule has 7 heteroatoms. The number of carbonyl (C=O) groups is 1. The zero-order valence-electron chi connectivity index (χ0n) is 19.6. The average Bonchev–Trinajstić information content (AvgIpc) is 2.85. The molecule has 2 aromatic carbocycles. The van der Waals surface area contributed by atoms with E-state index < -0.39 is 0 Å². The van der Waals surface area contributed by atoms with Crippen molar-refractivity contribution in [2.75, 3.05) is 62.6 Å². The fourth-order valence-electron chi connectivity index (χ4n) is 4.59. The first-order chi connectivity index (χ1) is 16.2. The van der Waals surface area contributed by atoms with Gasteiger partial charge in [-0.05, 0) is 43.7 Å². The number of guanidine groups is 1. The fourth-order valence-corrected chi connectivity index (χ4v) is 4.59. The summed E-state index contributed by atoms with van der Waals surface area (Å²) in [7, 11) is 0. The standard InChI is InChI=1S/C26H36N6O/c1-2-27-26(29-20-21-19-25(33)30-24-12-7-6-11-23(21)24)28-13-8-14-31-15-17-32(18-16-31)22-9-4-3-5-10-22/h3-7,9-12,21H,2,8,13-20H2,1H3,(H,30,33)(H2,27,28,29). The van der Waals surface area contributed by atoms with E-state index in [1.807, 2.05) is 18.2 Å². The lowest BCUT2D eigenvalue weighted by Gasteiger charge is -2.36. The van der Waals surface area contributed by atoms with Crippen LogP contribution in [0.2, 0.25) is 0 Å². The molecule has 2 aliphatic rings. The van der Waals surface area contributed by atoms with Crippen molar-refractivity contribution in [3.63, 3.8) is 0 Å². The van der Waals surface area contributed by atoms with Crippen LogP contribution in [0.25, 0.3) is 0 Å². The average molecular weight is 449 g/mol. The third-order valence-corrected chi connectivity index (χ3v) is 6.36. The number of nitrogens with one attached hydrogen (secondary N) is 3. The molecule has 2 heterocycles. The molecule has 0 saturated carbocycles. The van der Waals surface area contributed by atoms with E-state index in [0.717, 1.165) is 63.9 Å². The summed E-state index contributed by atoms with van der Waals surface area (Å²) in [4.78, 5) is 21.9. The first-order valence-electron chi connectivity index (χ1n) is 12.2. The minimum atomic E-state index is 0.0687. The number of hydrogen-bond donors (Lipinski definition) is 3. The molecule has 0 aliphatic carbocycles. The molecule has 0 bridgehead atoms. The number of aliphatic imine (C=N–C) groups is 1. The molecule has 2 aromatic rings. The summed E-state index contributed by atoms with van der Waals surface area (Å²) in [5.74, 6) is 1.01. The number of hydrogen-bond acceptors (Lipinski definition) is 4. The van der Waals surface area contributed by atoms with Crippen molar-refractivity contribution in [3.05, 3.63) is 60.2 Å². The van der Waals surface area contributed by atoms with Gasteiger partial charge >= 0.3 is 0 Å². The number of para-hydroxylation sites is 2. The van der Waals surface area contributed by atoms with E-state index in [-0.39, 0.29) is 11.8 Å². The van der Waals surface area contributed by atoms with Gasteiger partial charge in [-0.3, -0.25) is 14.7 Å². The molecule has 176 valence electrons. The first kappa shape index (κ1) is 23.1. The van der Waals surface area contributed by atoms with Gasteiger partial charge in [0.2, 0.25) is 5.91 Å². The highest BCUT2D eigenvalue weighted by molar-refractivity contribution is 5.94. The lowest BCUT2D eigenvalue weighted by molar-refractivity contribution is -0.116. The Morgan fingerprint density at radius 2 is 1.79 bits per heavy atom. The molecule has 0 radical (unpaired) electrons. The van der Waals surface area contributed by atoms with Gasteiger partial charge in [-0.1, -0.05) is 36.4 Å². The lowest BCUT2D eigenvalue weighted by Crippen LogP contribution is -2.47. The number of anilines is 2. The van der Waals surface area contributed by atoms with Crippen LogP contribution in [0.3, 0.4) is 0 Å². The van der Waals surface area contributed by atoms with Crippen LogP contribution < -0.4 is 20.9 Å². The van der Waals surface area contributed by atoms with E-state index in [9.17, 15) is 4.79 Å². The van der Waals surface area contributed by atoms with Gasteiger partial charge in [0, 0.05) is 63.0 Å². The summed E-state index contributed by atoms with van der Waals surface area (Å²) in [6, 6.07) is 18.7. The number of fused-ring (bicyclic) bond motifs is 1. The number of nitrogens with zero attached hydrogens (tertiary/aromatic N) is 3. The van der Waals surface area contributed by atoms with Crippen LogP contribution in [-0.2, 0) is 4.79 Å². The Labute approximate surface area is 197 Å². The van der Waals surface area contributed by atoms with Gasteiger partial charge in [0.05, 0.1) is 6.54 Å². The summed E-state index contributed by atoms with van der Waals surface area (Å²) in [5.41, 5.74) is 3.41. The molecule has 1 atom stereocenters. The van der Waals surface area contributed by atoms with Crippen molar-refractivity contribution in [2.45, 2.75) is 25.7 Å². The number of carbonyl (C=O) groups excluding carboxylic acids is 1. The van der Waals surface area contributed by atoms with Crippen molar-refractivity contribution in [3.8, 4) is 0 Å². The minimum absolute atomic E-state index is 0.0687. The predicted molar refractivity (Wildman–Crippen MR) is 136 cm³/mol. The minimum Gasteiger partial charge on any atom is -0.369 e. The maximum absolute atomic E-state index is 12.1. The second-order valence-electron chi connectivity index (χ2n) is 8.70. The third kappa shape index (κ3) is 6.48. The summed E-state index contributed by atoms with van der Waals surface area (Å²) < 4.78 is 0. The van der Waals surface area contributed by atoms with Crippen molar-refractivity contribution >= 4 is 23.2 Å². The highest BCUT2D eigenvalue weighted by Crippen LogP contribution is 2.31. The van der Waals surface area contributed by atoms with E-state index in [0.29, 0.717) is 13.0 Å². The molecular formula is C26H36N6O. The van der Waals surface area contributed by atoms with Gasteiger partial charge < -0.3 is 20.9 Å². The summed E-state index contributed by atoms with van der Waals surface area (Å²) in [5, 5.41) is 9.77. The number of amides is 1. The third-order valence-electron chi connectivity index (χ3n) is 6.36. The molecule has 1 unspecified atom stereocenters. The van der Waals surface area contributed by atoms with Crippen molar-refractivity contribution in [2.24, 2.45) is 4.99 Å². The van der Waals surface area contributed by atoms with Gasteiger partial charge in [-0.15, -0.1) is 0 Å². The number of benzene rings is 2. The highest BCUT2D eigenvalue weighted by Gasteiger charge is 2.24. The molecule has 4 rings (SSSR count). The first-order valence-corrected chi connectivity index (χ1v) is 12.2. The normalized spacial score (nSPS) is 19.1. The molecule has 1 amide bonds. The molecular weight excluding hydrogens is 412 g/mol. The molecule has 0 spiro atoms. The van der Waals surface area contributed by atoms with Gasteiger partial charge in [0.25, 0.3) is 0 Å². The largest absolute Gasteiger partial charge is 0.369 e. The summed E-state index contributed by atoms with van der Waals surface area (Å²) in [6.07, 6.45) is 1.55. The molecule has 7 nitrogen and oxygen atoms in total. The zero-order chi connectivity index (χ0) is 22.9. The van der Waals surface area contributed by atoms with Crippen LogP contribution in [0.4, 0.5) is 11.4 Å². The Balaban J connectivity index is 1.21. The van der Waals surface area contributed by atoms with Crippen molar-refractivity contribution < 1.29 is 4.79 Å². The van der Waals surface area contributed by atoms with Crippen LogP contribution in [0, 0.1) is 0 Å². The number of rotatable bonds is 8. The fraction of sp³-hybridized carbons (Fsp3) is 0.462. The number of piperazine rings is 1. The zero-order valence-corrected chi connectivity index (χ0v) is 19.6. The van der Waals surface area contributed by atoms with Gasteiger partial charge in [-0.2, -0.15) is 0 Å². The second kappa shape index (κ2) is 11.7. The van der Waals surface area contributed by atoms with E-state index in [4.69, 9.17) is 4.99 Å². The molecule has 1 fully saturated rings. The highest BCUT2D eigenvalue weighted by atomic mass is 16.1. The van der Waals surface area contributed by atoms with Gasteiger partial charge in [0.1, 0.15) is 0 Å². The molecule has 33 heavy (non-hydrogen) atoms. The van der Waals surface area contributed by atoms with E-state index in [1.54, 1.807) is 0 Å². The Morgan fingerprint density at radius 3 is 2.58 bits per heavy atom. The SMILES string of the molecule is CCNC(=NCC1CC(=O)Nc2ccccc21)NCCCN1CCN(c2ccccc2)CC1. The van der Waals surface area contributed by atoms with Crippen LogP contribution in [-0.4, -0.2) is 69.1 Å². The van der Waals surface area contributed by atoms with Crippen LogP contribution in [0.5, 0.6) is 0 Å². The summed E-state index contributed by atoms with van der Waals surface area (Å²) >= 11 is 0.